The number of amides is 2. The number of aryl methyl sites for hydroxylation is 4. The van der Waals surface area contributed by atoms with Gasteiger partial charge in [0.05, 0.1) is 24.1 Å². The molecule has 0 fully saturated rings. The third-order valence-corrected chi connectivity index (χ3v) is 5.82. The van der Waals surface area contributed by atoms with Crippen LogP contribution in [0, 0.1) is 27.7 Å². The summed E-state index contributed by atoms with van der Waals surface area (Å²) in [6.45, 7) is 10.4. The van der Waals surface area contributed by atoms with E-state index in [2.05, 4.69) is 20.8 Å². The van der Waals surface area contributed by atoms with Crippen molar-refractivity contribution in [2.45, 2.75) is 46.3 Å². The van der Waals surface area contributed by atoms with Gasteiger partial charge in [-0.25, -0.2) is 0 Å². The van der Waals surface area contributed by atoms with Gasteiger partial charge in [0, 0.05) is 12.2 Å². The van der Waals surface area contributed by atoms with Crippen molar-refractivity contribution < 1.29 is 14.0 Å². The fourth-order valence-corrected chi connectivity index (χ4v) is 4.25. The van der Waals surface area contributed by atoms with Crippen molar-refractivity contribution in [1.82, 2.24) is 20.1 Å². The number of hydrogen-bond acceptors (Lipinski definition) is 6. The molecule has 0 radical (unpaired) electrons. The highest BCUT2D eigenvalue weighted by Crippen LogP contribution is 2.27. The highest BCUT2D eigenvalue weighted by atomic mass is 32.2. The zero-order chi connectivity index (χ0) is 22.5. The molecule has 0 aliphatic carbocycles. The number of hydrogen-bond donors (Lipinski definition) is 2. The largest absolute Gasteiger partial charge is 0.469 e. The molecule has 8 nitrogen and oxygen atoms in total. The Bertz CT molecular complexity index is 1080. The fraction of sp³-hybridized carbons (Fsp3) is 0.364. The smallest absolute Gasteiger partial charge is 0.243 e. The average Bonchev–Trinajstić information content (AvgIpc) is 3.32. The molecule has 0 atom stereocenters. The maximum Gasteiger partial charge on any atom is 0.243 e. The van der Waals surface area contributed by atoms with Gasteiger partial charge in [0.2, 0.25) is 11.8 Å². The standard InChI is InChI=1S/C22H27N5O3S/c1-6-27-21(17-7-8-30-16(17)5)25-26-22(27)31-12-19(29)23-11-18(28)24-20-14(3)9-13(2)10-15(20)4/h7-10H,6,11-12H2,1-5H3,(H,23,29)(H,24,28). The zero-order valence-corrected chi connectivity index (χ0v) is 19.2. The normalized spacial score (nSPS) is 10.9. The van der Waals surface area contributed by atoms with Gasteiger partial charge in [-0.15, -0.1) is 10.2 Å². The summed E-state index contributed by atoms with van der Waals surface area (Å²) >= 11 is 1.28. The Morgan fingerprint density at radius 2 is 1.81 bits per heavy atom. The monoisotopic (exact) mass is 441 g/mol. The van der Waals surface area contributed by atoms with Crippen molar-refractivity contribution >= 4 is 29.3 Å². The van der Waals surface area contributed by atoms with Crippen LogP contribution < -0.4 is 10.6 Å². The first-order chi connectivity index (χ1) is 14.8. The lowest BCUT2D eigenvalue weighted by molar-refractivity contribution is -0.122. The third-order valence-electron chi connectivity index (χ3n) is 4.85. The number of thioether (sulfide) groups is 1. The van der Waals surface area contributed by atoms with Crippen LogP contribution in [0.3, 0.4) is 0 Å². The SMILES string of the molecule is CCn1c(SCC(=O)NCC(=O)Nc2c(C)cc(C)cc2C)nnc1-c1ccoc1C. The molecule has 0 aliphatic heterocycles. The van der Waals surface area contributed by atoms with Crippen molar-refractivity contribution in [1.29, 1.82) is 0 Å². The number of furan rings is 1. The summed E-state index contributed by atoms with van der Waals surface area (Å²) in [5, 5.41) is 14.6. The van der Waals surface area contributed by atoms with Gasteiger partial charge in [-0.1, -0.05) is 29.5 Å². The van der Waals surface area contributed by atoms with Crippen LogP contribution in [0.1, 0.15) is 29.4 Å². The Morgan fingerprint density at radius 1 is 1.10 bits per heavy atom. The summed E-state index contributed by atoms with van der Waals surface area (Å²) in [7, 11) is 0. The quantitative estimate of drug-likeness (QED) is 0.518. The Labute approximate surface area is 185 Å². The van der Waals surface area contributed by atoms with Gasteiger partial charge >= 0.3 is 0 Å². The molecule has 0 bridgehead atoms. The second-order valence-corrected chi connectivity index (χ2v) is 8.27. The molecule has 0 saturated carbocycles. The lowest BCUT2D eigenvalue weighted by Gasteiger charge is -2.13. The predicted molar refractivity (Wildman–Crippen MR) is 121 cm³/mol. The molecule has 0 aliphatic rings. The van der Waals surface area contributed by atoms with Crippen LogP contribution in [0.25, 0.3) is 11.4 Å². The summed E-state index contributed by atoms with van der Waals surface area (Å²) < 4.78 is 7.29. The van der Waals surface area contributed by atoms with Crippen LogP contribution in [0.2, 0.25) is 0 Å². The van der Waals surface area contributed by atoms with E-state index in [9.17, 15) is 9.59 Å². The van der Waals surface area contributed by atoms with E-state index < -0.39 is 0 Å². The van der Waals surface area contributed by atoms with Crippen molar-refractivity contribution in [3.8, 4) is 11.4 Å². The number of carbonyl (C=O) groups is 2. The maximum atomic E-state index is 12.3. The van der Waals surface area contributed by atoms with E-state index in [1.807, 2.05) is 57.4 Å². The average molecular weight is 442 g/mol. The summed E-state index contributed by atoms with van der Waals surface area (Å²) in [6, 6.07) is 5.88. The molecule has 3 aromatic rings. The molecule has 1 aromatic carbocycles. The first-order valence-corrected chi connectivity index (χ1v) is 11.0. The van der Waals surface area contributed by atoms with Crippen LogP contribution >= 0.6 is 11.8 Å². The minimum absolute atomic E-state index is 0.0912. The van der Waals surface area contributed by atoms with Crippen molar-refractivity contribution in [2.75, 3.05) is 17.6 Å². The molecular formula is C22H27N5O3S. The van der Waals surface area contributed by atoms with Gasteiger partial charge in [-0.2, -0.15) is 0 Å². The van der Waals surface area contributed by atoms with Crippen LogP contribution in [-0.2, 0) is 16.1 Å². The molecule has 9 heteroatoms. The van der Waals surface area contributed by atoms with E-state index in [0.29, 0.717) is 17.5 Å². The number of nitrogens with one attached hydrogen (secondary N) is 2. The molecular weight excluding hydrogens is 414 g/mol. The molecule has 2 amide bonds. The number of rotatable bonds is 8. The Morgan fingerprint density at radius 3 is 2.42 bits per heavy atom. The van der Waals surface area contributed by atoms with E-state index in [0.717, 1.165) is 33.7 Å². The third kappa shape index (κ3) is 5.35. The Kier molecular flexibility index (Phi) is 7.17. The maximum absolute atomic E-state index is 12.3. The molecule has 2 aromatic heterocycles. The van der Waals surface area contributed by atoms with Crippen molar-refractivity contribution in [3.63, 3.8) is 0 Å². The first-order valence-electron chi connectivity index (χ1n) is 10.0. The number of benzene rings is 1. The number of aromatic nitrogens is 3. The predicted octanol–water partition coefficient (Wildman–Crippen LogP) is 3.64. The zero-order valence-electron chi connectivity index (χ0n) is 18.4. The number of carbonyl (C=O) groups excluding carboxylic acids is 2. The molecule has 0 unspecified atom stereocenters. The van der Waals surface area contributed by atoms with E-state index in [4.69, 9.17) is 4.42 Å². The van der Waals surface area contributed by atoms with Gasteiger partial charge in [-0.05, 0) is 51.8 Å². The molecule has 2 N–H and O–H groups in total. The minimum Gasteiger partial charge on any atom is -0.469 e. The van der Waals surface area contributed by atoms with Crippen LogP contribution in [0.5, 0.6) is 0 Å². The van der Waals surface area contributed by atoms with E-state index in [1.165, 1.54) is 11.8 Å². The summed E-state index contributed by atoms with van der Waals surface area (Å²) in [5.41, 5.74) is 4.80. The van der Waals surface area contributed by atoms with Gasteiger partial charge in [0.25, 0.3) is 0 Å². The first kappa shape index (κ1) is 22.6. The topological polar surface area (TPSA) is 102 Å². The molecule has 164 valence electrons. The highest BCUT2D eigenvalue weighted by molar-refractivity contribution is 7.99. The van der Waals surface area contributed by atoms with E-state index >= 15 is 0 Å². The van der Waals surface area contributed by atoms with E-state index in [1.54, 1.807) is 6.26 Å². The van der Waals surface area contributed by atoms with Gasteiger partial charge < -0.3 is 19.6 Å². The second kappa shape index (κ2) is 9.82. The lowest BCUT2D eigenvalue weighted by atomic mass is 10.1. The fourth-order valence-electron chi connectivity index (χ4n) is 3.42. The molecule has 2 heterocycles. The molecule has 31 heavy (non-hydrogen) atoms. The van der Waals surface area contributed by atoms with Gasteiger partial charge in [0.1, 0.15) is 5.76 Å². The Balaban J connectivity index is 1.54. The molecule has 0 saturated heterocycles. The van der Waals surface area contributed by atoms with Crippen molar-refractivity contribution in [3.05, 3.63) is 46.9 Å². The lowest BCUT2D eigenvalue weighted by Crippen LogP contribution is -2.34. The Hall–Kier alpha value is -3.07. The highest BCUT2D eigenvalue weighted by Gasteiger charge is 2.17. The molecule has 0 spiro atoms. The minimum atomic E-state index is -0.261. The summed E-state index contributed by atoms with van der Waals surface area (Å²) in [4.78, 5) is 24.5. The van der Waals surface area contributed by atoms with Gasteiger partial charge in [0.15, 0.2) is 11.0 Å². The number of anilines is 1. The van der Waals surface area contributed by atoms with Crippen LogP contribution in [0.4, 0.5) is 5.69 Å². The summed E-state index contributed by atoms with van der Waals surface area (Å²) in [5.74, 6) is 1.10. The summed E-state index contributed by atoms with van der Waals surface area (Å²) in [6.07, 6.45) is 1.62. The van der Waals surface area contributed by atoms with E-state index in [-0.39, 0.29) is 24.1 Å². The number of nitrogens with zero attached hydrogens (tertiary/aromatic N) is 3. The van der Waals surface area contributed by atoms with Crippen LogP contribution in [-0.4, -0.2) is 38.9 Å². The second-order valence-electron chi connectivity index (χ2n) is 7.33. The van der Waals surface area contributed by atoms with Crippen LogP contribution in [0.15, 0.2) is 34.0 Å². The van der Waals surface area contributed by atoms with Crippen molar-refractivity contribution in [2.24, 2.45) is 0 Å². The van der Waals surface area contributed by atoms with Gasteiger partial charge in [-0.3, -0.25) is 9.59 Å². The molecule has 3 rings (SSSR count).